The fourth-order valence-electron chi connectivity index (χ4n) is 4.39. The molecule has 0 fully saturated rings. The van der Waals surface area contributed by atoms with Crippen LogP contribution in [0.15, 0.2) is 59.8 Å². The average Bonchev–Trinajstić information content (AvgIpc) is 2.87. The Morgan fingerprint density at radius 1 is 1.08 bits per heavy atom. The summed E-state index contributed by atoms with van der Waals surface area (Å²) in [7, 11) is 2.98. The molecule has 1 aliphatic rings. The van der Waals surface area contributed by atoms with Gasteiger partial charge in [-0.1, -0.05) is 18.2 Å². The summed E-state index contributed by atoms with van der Waals surface area (Å²) in [4.78, 5) is 42.0. The van der Waals surface area contributed by atoms with E-state index in [4.69, 9.17) is 5.26 Å². The lowest BCUT2D eigenvalue weighted by molar-refractivity contribution is -0.139. The number of halogens is 3. The van der Waals surface area contributed by atoms with Gasteiger partial charge in [0.2, 0.25) is 17.7 Å². The third-order valence-corrected chi connectivity index (χ3v) is 6.26. The summed E-state index contributed by atoms with van der Waals surface area (Å²) in [6.45, 7) is 2.85. The SMILES string of the molecule is CC1=C(C#N)C(c2ccc(C#N)cc2)C(C(=O)N[C@@H](C)C(=O)N(C)C)C(=O)N1c1cccc(C(F)(F)F)c1. The second-order valence-electron chi connectivity index (χ2n) is 8.98. The summed E-state index contributed by atoms with van der Waals surface area (Å²) in [6, 6.07) is 12.9. The van der Waals surface area contributed by atoms with Crippen LogP contribution in [0.2, 0.25) is 0 Å². The molecule has 2 aromatic carbocycles. The van der Waals surface area contributed by atoms with E-state index in [1.165, 1.54) is 63.2 Å². The van der Waals surface area contributed by atoms with Crippen LogP contribution in [0.1, 0.15) is 36.5 Å². The fourth-order valence-corrected chi connectivity index (χ4v) is 4.39. The quantitative estimate of drug-likeness (QED) is 0.600. The van der Waals surface area contributed by atoms with E-state index in [-0.39, 0.29) is 17.0 Å². The van der Waals surface area contributed by atoms with Gasteiger partial charge in [-0.2, -0.15) is 23.7 Å². The Morgan fingerprint density at radius 3 is 2.24 bits per heavy atom. The molecule has 0 aromatic heterocycles. The molecule has 8 nitrogen and oxygen atoms in total. The Kier molecular flexibility index (Phi) is 7.92. The average molecular weight is 524 g/mol. The minimum absolute atomic E-state index is 0.0153. The molecule has 0 spiro atoms. The summed E-state index contributed by atoms with van der Waals surface area (Å²) in [6.07, 6.45) is -4.69. The largest absolute Gasteiger partial charge is 0.416 e. The van der Waals surface area contributed by atoms with Crippen molar-refractivity contribution < 1.29 is 27.6 Å². The van der Waals surface area contributed by atoms with Gasteiger partial charge in [0.25, 0.3) is 0 Å². The second-order valence-corrected chi connectivity index (χ2v) is 8.98. The van der Waals surface area contributed by atoms with Crippen LogP contribution in [-0.4, -0.2) is 42.8 Å². The predicted molar refractivity (Wildman–Crippen MR) is 131 cm³/mol. The maximum absolute atomic E-state index is 13.9. The van der Waals surface area contributed by atoms with Crippen molar-refractivity contribution in [2.45, 2.75) is 32.0 Å². The molecule has 1 N–H and O–H groups in total. The lowest BCUT2D eigenvalue weighted by Crippen LogP contribution is -2.53. The van der Waals surface area contributed by atoms with Crippen LogP contribution in [0, 0.1) is 28.6 Å². The first-order chi connectivity index (χ1) is 17.8. The lowest BCUT2D eigenvalue weighted by atomic mass is 9.75. The van der Waals surface area contributed by atoms with Gasteiger partial charge >= 0.3 is 6.18 Å². The van der Waals surface area contributed by atoms with Gasteiger partial charge in [0.05, 0.1) is 28.8 Å². The number of amides is 3. The molecule has 11 heteroatoms. The Labute approximate surface area is 217 Å². The van der Waals surface area contributed by atoms with Crippen molar-refractivity contribution in [2.24, 2.45) is 5.92 Å². The number of alkyl halides is 3. The standard InChI is InChI=1S/C27H24F3N5O3/c1-15(25(37)34(3)4)33-24(36)23-22(18-10-8-17(13-31)9-11-18)21(14-32)16(2)35(26(23)38)20-7-5-6-19(12-20)27(28,29)30/h5-12,15,22-23H,1-4H3,(H,33,36)/t15-,22?,23?/m0/s1. The van der Waals surface area contributed by atoms with Crippen molar-refractivity contribution in [1.29, 1.82) is 10.5 Å². The third kappa shape index (κ3) is 5.37. The normalized spacial score (nSPS) is 18.3. The van der Waals surface area contributed by atoms with Gasteiger partial charge in [-0.15, -0.1) is 0 Å². The molecular formula is C27H24F3N5O3. The summed E-state index contributed by atoms with van der Waals surface area (Å²) in [5.41, 5.74) is -0.431. The smallest absolute Gasteiger partial charge is 0.347 e. The van der Waals surface area contributed by atoms with Crippen molar-refractivity contribution in [3.8, 4) is 12.1 Å². The highest BCUT2D eigenvalue weighted by Gasteiger charge is 2.47. The molecule has 2 aromatic rings. The number of nitrogens with one attached hydrogen (secondary N) is 1. The number of carbonyl (C=O) groups excluding carboxylic acids is 3. The maximum atomic E-state index is 13.9. The summed E-state index contributed by atoms with van der Waals surface area (Å²) in [5, 5.41) is 21.8. The lowest BCUT2D eigenvalue weighted by Gasteiger charge is -2.38. The van der Waals surface area contributed by atoms with Crippen molar-refractivity contribution in [3.63, 3.8) is 0 Å². The van der Waals surface area contributed by atoms with Crippen LogP contribution in [0.5, 0.6) is 0 Å². The van der Waals surface area contributed by atoms with Gasteiger partial charge in [-0.3, -0.25) is 19.3 Å². The summed E-state index contributed by atoms with van der Waals surface area (Å²) in [5.74, 6) is -4.88. The Balaban J connectivity index is 2.20. The molecule has 3 rings (SSSR count). The molecule has 3 atom stereocenters. The van der Waals surface area contributed by atoms with Gasteiger partial charge in [-0.25, -0.2) is 0 Å². The molecular weight excluding hydrogens is 499 g/mol. The van der Waals surface area contributed by atoms with E-state index in [9.17, 15) is 32.8 Å². The number of anilines is 1. The first-order valence-electron chi connectivity index (χ1n) is 11.5. The maximum Gasteiger partial charge on any atom is 0.416 e. The van der Waals surface area contributed by atoms with E-state index >= 15 is 0 Å². The number of benzene rings is 2. The van der Waals surface area contributed by atoms with E-state index in [1.54, 1.807) is 0 Å². The van der Waals surface area contributed by atoms with Gasteiger partial charge < -0.3 is 10.2 Å². The topological polar surface area (TPSA) is 117 Å². The molecule has 0 saturated heterocycles. The number of hydrogen-bond acceptors (Lipinski definition) is 5. The zero-order chi connectivity index (χ0) is 28.4. The molecule has 2 unspecified atom stereocenters. The predicted octanol–water partition coefficient (Wildman–Crippen LogP) is 3.71. The Bertz CT molecular complexity index is 1380. The molecule has 3 amide bonds. The number of likely N-dealkylation sites (N-methyl/N-ethyl adjacent to an activating group) is 1. The Hall–Kier alpha value is -4.64. The number of carbonyl (C=O) groups is 3. The summed E-state index contributed by atoms with van der Waals surface area (Å²) >= 11 is 0. The molecule has 0 bridgehead atoms. The van der Waals surface area contributed by atoms with Crippen molar-refractivity contribution >= 4 is 23.4 Å². The fraction of sp³-hybridized carbons (Fsp3) is 0.296. The molecule has 1 aliphatic heterocycles. The van der Waals surface area contributed by atoms with Gasteiger partial charge in [0, 0.05) is 31.4 Å². The number of allylic oxidation sites excluding steroid dienone is 2. The molecule has 1 heterocycles. The zero-order valence-corrected chi connectivity index (χ0v) is 21.0. The van der Waals surface area contributed by atoms with Crippen LogP contribution in [0.3, 0.4) is 0 Å². The van der Waals surface area contributed by atoms with E-state index < -0.39 is 47.3 Å². The van der Waals surface area contributed by atoms with Crippen molar-refractivity contribution in [2.75, 3.05) is 19.0 Å². The highest BCUT2D eigenvalue weighted by atomic mass is 19.4. The van der Waals surface area contributed by atoms with E-state index in [0.717, 1.165) is 23.1 Å². The van der Waals surface area contributed by atoms with E-state index in [1.807, 2.05) is 12.1 Å². The highest BCUT2D eigenvalue weighted by Crippen LogP contribution is 2.43. The second kappa shape index (κ2) is 10.8. The van der Waals surface area contributed by atoms with Crippen LogP contribution in [-0.2, 0) is 20.6 Å². The monoisotopic (exact) mass is 523 g/mol. The van der Waals surface area contributed by atoms with Crippen molar-refractivity contribution in [1.82, 2.24) is 10.2 Å². The number of nitriles is 2. The third-order valence-electron chi connectivity index (χ3n) is 6.26. The zero-order valence-electron chi connectivity index (χ0n) is 21.0. The van der Waals surface area contributed by atoms with E-state index in [2.05, 4.69) is 5.32 Å². The van der Waals surface area contributed by atoms with Gasteiger partial charge in [0.15, 0.2) is 0 Å². The first-order valence-corrected chi connectivity index (χ1v) is 11.5. The number of nitrogens with zero attached hydrogens (tertiary/aromatic N) is 4. The van der Waals surface area contributed by atoms with Crippen molar-refractivity contribution in [3.05, 3.63) is 76.5 Å². The molecule has 0 radical (unpaired) electrons. The van der Waals surface area contributed by atoms with Crippen LogP contribution >= 0.6 is 0 Å². The van der Waals surface area contributed by atoms with Gasteiger partial charge in [-0.05, 0) is 49.7 Å². The van der Waals surface area contributed by atoms with E-state index in [0.29, 0.717) is 11.1 Å². The van der Waals surface area contributed by atoms with Crippen LogP contribution < -0.4 is 10.2 Å². The first kappa shape index (κ1) is 27.9. The van der Waals surface area contributed by atoms with Gasteiger partial charge in [0.1, 0.15) is 12.0 Å². The molecule has 38 heavy (non-hydrogen) atoms. The highest BCUT2D eigenvalue weighted by molar-refractivity contribution is 6.12. The molecule has 0 saturated carbocycles. The minimum Gasteiger partial charge on any atom is -0.347 e. The molecule has 196 valence electrons. The summed E-state index contributed by atoms with van der Waals surface area (Å²) < 4.78 is 40.2. The number of hydrogen-bond donors (Lipinski definition) is 1. The number of rotatable bonds is 5. The minimum atomic E-state index is -4.69. The van der Waals surface area contributed by atoms with Crippen LogP contribution in [0.4, 0.5) is 18.9 Å². The van der Waals surface area contributed by atoms with Crippen LogP contribution in [0.25, 0.3) is 0 Å². The Morgan fingerprint density at radius 2 is 1.71 bits per heavy atom. The molecule has 0 aliphatic carbocycles.